The maximum Gasteiger partial charge on any atom is 0.223 e. The molecule has 0 aliphatic heterocycles. The molecular formula is C14H19NO2S2. The van der Waals surface area contributed by atoms with Crippen molar-refractivity contribution in [2.24, 2.45) is 0 Å². The Morgan fingerprint density at radius 2 is 2.37 bits per heavy atom. The van der Waals surface area contributed by atoms with E-state index >= 15 is 0 Å². The van der Waals surface area contributed by atoms with E-state index in [0.29, 0.717) is 19.4 Å². The highest BCUT2D eigenvalue weighted by Crippen LogP contribution is 2.16. The van der Waals surface area contributed by atoms with E-state index in [1.54, 1.807) is 28.0 Å². The Bertz CT molecular complexity index is 460. The van der Waals surface area contributed by atoms with Gasteiger partial charge in [-0.1, -0.05) is 11.8 Å². The number of hydrogen-bond acceptors (Lipinski definition) is 4. The molecule has 0 aliphatic carbocycles. The highest BCUT2D eigenvalue weighted by atomic mass is 32.2. The Hall–Kier alpha value is -0.960. The molecule has 0 atom stereocenters. The second kappa shape index (κ2) is 9.03. The molecule has 1 N–H and O–H groups in total. The molecule has 104 valence electrons. The van der Waals surface area contributed by atoms with Gasteiger partial charge in [0.15, 0.2) is 0 Å². The molecule has 19 heavy (non-hydrogen) atoms. The number of aliphatic hydroxyl groups excluding tert-OH is 1. The molecule has 0 spiro atoms. The van der Waals surface area contributed by atoms with Crippen molar-refractivity contribution in [3.8, 4) is 11.8 Å². The predicted octanol–water partition coefficient (Wildman–Crippen LogP) is 2.19. The summed E-state index contributed by atoms with van der Waals surface area (Å²) in [5.41, 5.74) is 0.957. The van der Waals surface area contributed by atoms with Crippen LogP contribution in [-0.4, -0.2) is 41.6 Å². The first-order chi connectivity index (χ1) is 9.17. The van der Waals surface area contributed by atoms with Crippen LogP contribution in [0.1, 0.15) is 23.3 Å². The van der Waals surface area contributed by atoms with Gasteiger partial charge in [-0.25, -0.2) is 0 Å². The number of aliphatic hydroxyl groups is 1. The van der Waals surface area contributed by atoms with Crippen LogP contribution in [0, 0.1) is 11.8 Å². The average molecular weight is 297 g/mol. The second-order valence-electron chi connectivity index (χ2n) is 4.07. The number of nitrogens with zero attached hydrogens (tertiary/aromatic N) is 1. The Labute approximate surface area is 123 Å². The van der Waals surface area contributed by atoms with Crippen molar-refractivity contribution in [3.05, 3.63) is 21.9 Å². The fraction of sp³-hybridized carbons (Fsp3) is 0.500. The molecule has 1 aromatic heterocycles. The molecule has 0 aromatic carbocycles. The van der Waals surface area contributed by atoms with Gasteiger partial charge in [-0.05, 0) is 12.3 Å². The third-order valence-corrected chi connectivity index (χ3v) is 4.00. The molecule has 0 saturated heterocycles. The Morgan fingerprint density at radius 1 is 1.58 bits per heavy atom. The summed E-state index contributed by atoms with van der Waals surface area (Å²) in [7, 11) is 1.83. The van der Waals surface area contributed by atoms with Crippen molar-refractivity contribution in [3.63, 3.8) is 0 Å². The van der Waals surface area contributed by atoms with E-state index in [0.717, 1.165) is 16.2 Å². The summed E-state index contributed by atoms with van der Waals surface area (Å²) < 4.78 is 0. The highest BCUT2D eigenvalue weighted by Gasteiger charge is 2.09. The van der Waals surface area contributed by atoms with E-state index in [2.05, 4.69) is 11.8 Å². The Kier molecular flexibility index (Phi) is 7.65. The van der Waals surface area contributed by atoms with Crippen molar-refractivity contribution in [1.29, 1.82) is 0 Å². The van der Waals surface area contributed by atoms with Gasteiger partial charge >= 0.3 is 0 Å². The van der Waals surface area contributed by atoms with Gasteiger partial charge in [-0.15, -0.1) is 11.3 Å². The number of rotatable bonds is 6. The fourth-order valence-electron chi connectivity index (χ4n) is 1.45. The quantitative estimate of drug-likeness (QED) is 0.818. The lowest BCUT2D eigenvalue weighted by Crippen LogP contribution is -2.25. The molecule has 1 aromatic rings. The zero-order chi connectivity index (χ0) is 14.1. The standard InChI is InChI=1S/C14H19NO2S2/c1-15(14(17)6-8-18-2)10-13-9-12(11-19-13)5-3-4-7-16/h9,11,16H,4,6-8,10H2,1-2H3. The van der Waals surface area contributed by atoms with E-state index < -0.39 is 0 Å². The second-order valence-corrected chi connectivity index (χ2v) is 6.05. The summed E-state index contributed by atoms with van der Waals surface area (Å²) in [4.78, 5) is 14.7. The fourth-order valence-corrected chi connectivity index (χ4v) is 2.70. The van der Waals surface area contributed by atoms with Crippen LogP contribution < -0.4 is 0 Å². The summed E-state index contributed by atoms with van der Waals surface area (Å²) in [6.07, 6.45) is 3.09. The van der Waals surface area contributed by atoms with Crippen LogP contribution in [0.2, 0.25) is 0 Å². The summed E-state index contributed by atoms with van der Waals surface area (Å²) >= 11 is 3.30. The van der Waals surface area contributed by atoms with Crippen molar-refractivity contribution >= 4 is 29.0 Å². The minimum Gasteiger partial charge on any atom is -0.395 e. The molecule has 0 fully saturated rings. The van der Waals surface area contributed by atoms with Crippen molar-refractivity contribution in [1.82, 2.24) is 4.90 Å². The first-order valence-electron chi connectivity index (χ1n) is 6.07. The third-order valence-electron chi connectivity index (χ3n) is 2.46. The van der Waals surface area contributed by atoms with Crippen molar-refractivity contribution in [2.45, 2.75) is 19.4 Å². The van der Waals surface area contributed by atoms with Gasteiger partial charge in [0.2, 0.25) is 5.91 Å². The van der Waals surface area contributed by atoms with Gasteiger partial charge in [0, 0.05) is 41.5 Å². The van der Waals surface area contributed by atoms with Gasteiger partial charge in [0.25, 0.3) is 0 Å². The molecule has 0 bridgehead atoms. The third kappa shape index (κ3) is 6.15. The van der Waals surface area contributed by atoms with E-state index in [9.17, 15) is 4.79 Å². The van der Waals surface area contributed by atoms with Crippen LogP contribution in [0.25, 0.3) is 0 Å². The Balaban J connectivity index is 2.49. The van der Waals surface area contributed by atoms with Crippen LogP contribution in [0.4, 0.5) is 0 Å². The van der Waals surface area contributed by atoms with Gasteiger partial charge in [-0.3, -0.25) is 4.79 Å². The van der Waals surface area contributed by atoms with Crippen LogP contribution >= 0.6 is 23.1 Å². The number of hydrogen-bond donors (Lipinski definition) is 1. The first kappa shape index (κ1) is 16.1. The molecule has 0 saturated carbocycles. The monoisotopic (exact) mass is 297 g/mol. The maximum atomic E-state index is 11.8. The van der Waals surface area contributed by atoms with Gasteiger partial charge in [-0.2, -0.15) is 11.8 Å². The van der Waals surface area contributed by atoms with Crippen LogP contribution in [0.15, 0.2) is 11.4 Å². The molecule has 1 amide bonds. The minimum absolute atomic E-state index is 0.0939. The number of thiophene rings is 1. The van der Waals surface area contributed by atoms with Gasteiger partial charge in [0.05, 0.1) is 13.2 Å². The molecule has 5 heteroatoms. The van der Waals surface area contributed by atoms with Crippen molar-refractivity contribution < 1.29 is 9.90 Å². The number of thioether (sulfide) groups is 1. The van der Waals surface area contributed by atoms with Crippen molar-refractivity contribution in [2.75, 3.05) is 25.7 Å². The van der Waals surface area contributed by atoms with Crippen LogP contribution in [0.5, 0.6) is 0 Å². The van der Waals surface area contributed by atoms with Gasteiger partial charge < -0.3 is 10.0 Å². The molecular weight excluding hydrogens is 278 g/mol. The summed E-state index contributed by atoms with van der Waals surface area (Å²) in [6.45, 7) is 0.732. The lowest BCUT2D eigenvalue weighted by atomic mass is 10.3. The number of amides is 1. The SMILES string of the molecule is CSCCC(=O)N(C)Cc1cc(C#CCCO)cs1. The van der Waals surface area contributed by atoms with Crippen LogP contribution in [-0.2, 0) is 11.3 Å². The lowest BCUT2D eigenvalue weighted by Gasteiger charge is -2.15. The topological polar surface area (TPSA) is 40.5 Å². The molecule has 0 radical (unpaired) electrons. The smallest absolute Gasteiger partial charge is 0.223 e. The number of carbonyl (C=O) groups is 1. The minimum atomic E-state index is 0.0939. The molecule has 0 unspecified atom stereocenters. The molecule has 1 rings (SSSR count). The van der Waals surface area contributed by atoms with E-state index in [4.69, 9.17) is 5.11 Å². The highest BCUT2D eigenvalue weighted by molar-refractivity contribution is 7.98. The summed E-state index contributed by atoms with van der Waals surface area (Å²) in [5.74, 6) is 6.93. The number of carbonyl (C=O) groups excluding carboxylic acids is 1. The summed E-state index contributed by atoms with van der Waals surface area (Å²) in [5, 5.41) is 10.6. The van der Waals surface area contributed by atoms with E-state index in [1.165, 1.54) is 0 Å². The zero-order valence-electron chi connectivity index (χ0n) is 11.3. The average Bonchev–Trinajstić information content (AvgIpc) is 2.83. The van der Waals surface area contributed by atoms with E-state index in [-0.39, 0.29) is 12.5 Å². The zero-order valence-corrected chi connectivity index (χ0v) is 12.9. The molecule has 1 heterocycles. The molecule has 3 nitrogen and oxygen atoms in total. The first-order valence-corrected chi connectivity index (χ1v) is 8.34. The van der Waals surface area contributed by atoms with E-state index in [1.807, 2.05) is 24.7 Å². The van der Waals surface area contributed by atoms with Crippen LogP contribution in [0.3, 0.4) is 0 Å². The van der Waals surface area contributed by atoms with Gasteiger partial charge in [0.1, 0.15) is 0 Å². The largest absolute Gasteiger partial charge is 0.395 e. The molecule has 0 aliphatic rings. The maximum absolute atomic E-state index is 11.8. The normalized spacial score (nSPS) is 9.84. The predicted molar refractivity (Wildman–Crippen MR) is 82.4 cm³/mol. The lowest BCUT2D eigenvalue weighted by molar-refractivity contribution is -0.129. The summed E-state index contributed by atoms with van der Waals surface area (Å²) in [6, 6.07) is 2.01. The Morgan fingerprint density at radius 3 is 3.05 bits per heavy atom.